The third kappa shape index (κ3) is 4.53. The summed E-state index contributed by atoms with van der Waals surface area (Å²) in [5, 5.41) is 10.4. The lowest BCUT2D eigenvalue weighted by atomic mass is 9.98. The number of rotatable bonds is 5. The highest BCUT2D eigenvalue weighted by atomic mass is 16.5. The number of hydrogen-bond acceptors (Lipinski definition) is 4. The minimum Gasteiger partial charge on any atom is -0.464 e. The largest absolute Gasteiger partial charge is 0.464 e. The Morgan fingerprint density at radius 2 is 1.22 bits per heavy atom. The van der Waals surface area contributed by atoms with Crippen LogP contribution in [-0.4, -0.2) is 0 Å². The topological polar surface area (TPSA) is 37.6 Å². The third-order valence-corrected chi connectivity index (χ3v) is 9.67. The van der Waals surface area contributed by atoms with Crippen LogP contribution in [-0.2, 0) is 0 Å². The summed E-state index contributed by atoms with van der Waals surface area (Å²) in [6, 6.07) is 59.8. The second kappa shape index (κ2) is 11.0. The molecule has 1 unspecified atom stereocenters. The molecular formula is C45H30N2O2. The number of furan rings is 1. The lowest BCUT2D eigenvalue weighted by molar-refractivity contribution is 0.263. The fourth-order valence-corrected chi connectivity index (χ4v) is 7.36. The van der Waals surface area contributed by atoms with Crippen LogP contribution in [0.25, 0.3) is 54.6 Å². The van der Waals surface area contributed by atoms with Crippen LogP contribution in [0.4, 0.5) is 22.7 Å². The molecule has 1 N–H and O–H groups in total. The van der Waals surface area contributed by atoms with E-state index in [0.717, 1.165) is 88.7 Å². The van der Waals surface area contributed by atoms with Gasteiger partial charge in [0.25, 0.3) is 0 Å². The number of para-hydroxylation sites is 3. The van der Waals surface area contributed by atoms with Crippen molar-refractivity contribution in [1.29, 1.82) is 0 Å². The van der Waals surface area contributed by atoms with Gasteiger partial charge in [-0.3, -0.25) is 0 Å². The summed E-state index contributed by atoms with van der Waals surface area (Å²) in [6.45, 7) is 0. The monoisotopic (exact) mass is 630 g/mol. The van der Waals surface area contributed by atoms with Crippen molar-refractivity contribution in [3.8, 4) is 16.9 Å². The van der Waals surface area contributed by atoms with Crippen molar-refractivity contribution in [1.82, 2.24) is 0 Å². The van der Waals surface area contributed by atoms with E-state index in [-0.39, 0.29) is 6.23 Å². The summed E-state index contributed by atoms with van der Waals surface area (Å²) >= 11 is 0. The molecule has 1 aliphatic rings. The van der Waals surface area contributed by atoms with Crippen LogP contribution in [0.15, 0.2) is 174 Å². The lowest BCUT2D eigenvalue weighted by Crippen LogP contribution is -2.11. The molecule has 0 amide bonds. The van der Waals surface area contributed by atoms with E-state index in [1.54, 1.807) is 0 Å². The van der Waals surface area contributed by atoms with Gasteiger partial charge in [0, 0.05) is 38.7 Å². The van der Waals surface area contributed by atoms with Gasteiger partial charge in [0.15, 0.2) is 12.0 Å². The minimum atomic E-state index is -0.222. The van der Waals surface area contributed by atoms with Gasteiger partial charge in [-0.25, -0.2) is 0 Å². The van der Waals surface area contributed by atoms with Crippen molar-refractivity contribution < 1.29 is 9.15 Å². The smallest absolute Gasteiger partial charge is 0.196 e. The predicted octanol–water partition coefficient (Wildman–Crippen LogP) is 12.5. The van der Waals surface area contributed by atoms with Crippen molar-refractivity contribution >= 4 is 66.2 Å². The fourth-order valence-electron chi connectivity index (χ4n) is 7.36. The number of nitrogens with one attached hydrogen (secondary N) is 1. The normalized spacial score (nSPS) is 13.8. The molecule has 0 spiro atoms. The molecule has 0 aliphatic carbocycles. The highest BCUT2D eigenvalue weighted by molar-refractivity contribution is 6.14. The Bertz CT molecular complexity index is 2680. The standard InChI is InChI=1S/C45H30N2O2/c1-3-11-30(12-4-1)45-46-39-26-22-29-19-20-31-27-34(23-25-36(31)43(29)44(39)49-45)47(33-13-5-2-6-14-33)40-17-9-7-15-35(40)32-21-24-38-37-16-8-10-18-41(37)48-42(38)28-32/h1-28,45-46H. The van der Waals surface area contributed by atoms with Gasteiger partial charge < -0.3 is 19.4 Å². The molecule has 1 aliphatic heterocycles. The summed E-state index contributed by atoms with van der Waals surface area (Å²) in [4.78, 5) is 2.35. The Morgan fingerprint density at radius 1 is 0.510 bits per heavy atom. The van der Waals surface area contributed by atoms with Crippen molar-refractivity contribution in [3.05, 3.63) is 175 Å². The molecule has 8 aromatic carbocycles. The summed E-state index contributed by atoms with van der Waals surface area (Å²) < 4.78 is 12.9. The molecule has 0 radical (unpaired) electrons. The average molecular weight is 631 g/mol. The van der Waals surface area contributed by atoms with Gasteiger partial charge in [0.1, 0.15) is 11.2 Å². The van der Waals surface area contributed by atoms with Gasteiger partial charge >= 0.3 is 0 Å². The molecule has 0 saturated carbocycles. The molecule has 4 heteroatoms. The highest BCUT2D eigenvalue weighted by Gasteiger charge is 2.26. The van der Waals surface area contributed by atoms with E-state index >= 15 is 0 Å². The first-order chi connectivity index (χ1) is 24.3. The van der Waals surface area contributed by atoms with Crippen molar-refractivity contribution in [2.75, 3.05) is 10.2 Å². The first-order valence-electron chi connectivity index (χ1n) is 16.6. The molecule has 0 bridgehead atoms. The van der Waals surface area contributed by atoms with Crippen LogP contribution < -0.4 is 15.0 Å². The van der Waals surface area contributed by atoms with Gasteiger partial charge in [0.05, 0.1) is 11.4 Å². The zero-order valence-electron chi connectivity index (χ0n) is 26.5. The Balaban J connectivity index is 1.12. The molecule has 0 fully saturated rings. The van der Waals surface area contributed by atoms with Crippen LogP contribution in [0.2, 0.25) is 0 Å². The van der Waals surface area contributed by atoms with E-state index in [2.05, 4.69) is 150 Å². The number of nitrogens with zero attached hydrogens (tertiary/aromatic N) is 1. The van der Waals surface area contributed by atoms with Crippen molar-refractivity contribution in [2.24, 2.45) is 0 Å². The molecule has 0 saturated heterocycles. The van der Waals surface area contributed by atoms with Crippen LogP contribution >= 0.6 is 0 Å². The SMILES string of the molecule is c1ccc(C2Nc3ccc4ccc5cc(N(c6ccccc6)c6ccccc6-c6ccc7c(c6)oc6ccccc67)ccc5c4c3O2)cc1. The molecule has 4 nitrogen and oxygen atoms in total. The average Bonchev–Trinajstić information content (AvgIpc) is 3.77. The van der Waals surface area contributed by atoms with E-state index in [9.17, 15) is 0 Å². The van der Waals surface area contributed by atoms with E-state index in [1.807, 2.05) is 30.3 Å². The van der Waals surface area contributed by atoms with Crippen LogP contribution in [0.1, 0.15) is 11.8 Å². The van der Waals surface area contributed by atoms with Gasteiger partial charge in [0.2, 0.25) is 0 Å². The van der Waals surface area contributed by atoms with Crippen LogP contribution in [0.5, 0.6) is 5.75 Å². The van der Waals surface area contributed by atoms with Crippen molar-refractivity contribution in [3.63, 3.8) is 0 Å². The Morgan fingerprint density at radius 3 is 2.12 bits per heavy atom. The molecule has 10 rings (SSSR count). The van der Waals surface area contributed by atoms with E-state index < -0.39 is 0 Å². The Hall–Kier alpha value is -6.52. The molecule has 232 valence electrons. The van der Waals surface area contributed by atoms with Crippen LogP contribution in [0, 0.1) is 0 Å². The maximum absolute atomic E-state index is 6.62. The lowest BCUT2D eigenvalue weighted by Gasteiger charge is -2.28. The zero-order chi connectivity index (χ0) is 32.3. The molecule has 2 heterocycles. The Kier molecular flexibility index (Phi) is 6.21. The van der Waals surface area contributed by atoms with Crippen LogP contribution in [0.3, 0.4) is 0 Å². The third-order valence-electron chi connectivity index (χ3n) is 9.67. The van der Waals surface area contributed by atoms with Gasteiger partial charge in [-0.05, 0) is 76.3 Å². The summed E-state index contributed by atoms with van der Waals surface area (Å²) in [5.74, 6) is 0.899. The molecule has 1 atom stereocenters. The highest BCUT2D eigenvalue weighted by Crippen LogP contribution is 2.47. The number of hydrogen-bond donors (Lipinski definition) is 1. The van der Waals surface area contributed by atoms with Gasteiger partial charge in [-0.2, -0.15) is 0 Å². The van der Waals surface area contributed by atoms with E-state index in [4.69, 9.17) is 9.15 Å². The van der Waals surface area contributed by atoms with Gasteiger partial charge in [-0.15, -0.1) is 0 Å². The fraction of sp³-hybridized carbons (Fsp3) is 0.0222. The molecular weight excluding hydrogens is 601 g/mol. The second-order valence-corrected chi connectivity index (χ2v) is 12.6. The maximum Gasteiger partial charge on any atom is 0.196 e. The number of anilines is 4. The minimum absolute atomic E-state index is 0.222. The van der Waals surface area contributed by atoms with Crippen molar-refractivity contribution in [2.45, 2.75) is 6.23 Å². The second-order valence-electron chi connectivity index (χ2n) is 12.6. The first kappa shape index (κ1) is 27.6. The first-order valence-corrected chi connectivity index (χ1v) is 16.6. The van der Waals surface area contributed by atoms with E-state index in [0.29, 0.717) is 0 Å². The quantitative estimate of drug-likeness (QED) is 0.192. The number of ether oxygens (including phenoxy) is 1. The zero-order valence-corrected chi connectivity index (χ0v) is 26.5. The molecule has 9 aromatic rings. The Labute approximate surface area is 283 Å². The maximum atomic E-state index is 6.62. The molecule has 49 heavy (non-hydrogen) atoms. The summed E-state index contributed by atoms with van der Waals surface area (Å²) in [7, 11) is 0. The summed E-state index contributed by atoms with van der Waals surface area (Å²) in [5.41, 5.74) is 9.37. The predicted molar refractivity (Wildman–Crippen MR) is 202 cm³/mol. The summed E-state index contributed by atoms with van der Waals surface area (Å²) in [6.07, 6.45) is -0.222. The van der Waals surface area contributed by atoms with Gasteiger partial charge in [-0.1, -0.05) is 115 Å². The number of fused-ring (bicyclic) bond motifs is 8. The number of benzene rings is 8. The van der Waals surface area contributed by atoms with E-state index in [1.165, 1.54) is 0 Å². The molecule has 1 aromatic heterocycles.